The summed E-state index contributed by atoms with van der Waals surface area (Å²) in [5, 5.41) is 0. The van der Waals surface area contributed by atoms with Crippen LogP contribution in [0.3, 0.4) is 0 Å². The Hall–Kier alpha value is -3.20. The molecule has 0 bridgehead atoms. The third kappa shape index (κ3) is 4.32. The van der Waals surface area contributed by atoms with Crippen molar-refractivity contribution in [2.75, 3.05) is 13.7 Å². The number of methoxy groups -OCH3 is 1. The Morgan fingerprint density at radius 3 is 2.58 bits per heavy atom. The van der Waals surface area contributed by atoms with Crippen molar-refractivity contribution < 1.29 is 22.3 Å². The summed E-state index contributed by atoms with van der Waals surface area (Å²) in [7, 11) is 1.40. The molecule has 0 fully saturated rings. The fraction of sp³-hybridized carbons (Fsp3) is 0.273. The van der Waals surface area contributed by atoms with Gasteiger partial charge in [-0.25, -0.2) is 9.37 Å². The van der Waals surface area contributed by atoms with Crippen LogP contribution in [0, 0.1) is 5.82 Å². The van der Waals surface area contributed by atoms with Crippen molar-refractivity contribution in [1.29, 1.82) is 0 Å². The Morgan fingerprint density at radius 2 is 1.90 bits per heavy atom. The average Bonchev–Trinajstić information content (AvgIpc) is 2.75. The standard InChI is InChI=1S/C22H19F4N3O2/c1-31-18-4-2-3-14(19(18)23)11-29-10-9-17-16(12-29)21(30)28-20(27-17)13-5-7-15(8-6-13)22(24,25)26/h2-8H,9-12H2,1H3,(H,27,28,30). The van der Waals surface area contributed by atoms with E-state index in [0.717, 1.165) is 12.1 Å². The highest BCUT2D eigenvalue weighted by Gasteiger charge is 2.30. The van der Waals surface area contributed by atoms with E-state index in [-0.39, 0.29) is 17.1 Å². The molecular formula is C22H19F4N3O2. The van der Waals surface area contributed by atoms with Crippen LogP contribution in [0.25, 0.3) is 11.4 Å². The van der Waals surface area contributed by atoms with Crippen LogP contribution in [-0.2, 0) is 25.7 Å². The molecule has 5 nitrogen and oxygen atoms in total. The molecule has 0 aliphatic carbocycles. The quantitative estimate of drug-likeness (QED) is 0.628. The lowest BCUT2D eigenvalue weighted by molar-refractivity contribution is -0.137. The lowest BCUT2D eigenvalue weighted by atomic mass is 10.0. The van der Waals surface area contributed by atoms with Gasteiger partial charge in [-0.1, -0.05) is 24.3 Å². The zero-order chi connectivity index (χ0) is 22.2. The normalized spacial score (nSPS) is 14.4. The predicted octanol–water partition coefficient (Wildman–Crippen LogP) is 4.16. The van der Waals surface area contributed by atoms with E-state index in [2.05, 4.69) is 9.97 Å². The van der Waals surface area contributed by atoms with E-state index >= 15 is 0 Å². The summed E-state index contributed by atoms with van der Waals surface area (Å²) in [6.45, 7) is 1.16. The van der Waals surface area contributed by atoms with Crippen LogP contribution >= 0.6 is 0 Å². The molecule has 2 heterocycles. The number of benzene rings is 2. The fourth-order valence-corrected chi connectivity index (χ4v) is 3.65. The summed E-state index contributed by atoms with van der Waals surface area (Å²) in [5.41, 5.74) is 0.821. The van der Waals surface area contributed by atoms with Crippen molar-refractivity contribution >= 4 is 0 Å². The Morgan fingerprint density at radius 1 is 1.16 bits per heavy atom. The number of hydrogen-bond donors (Lipinski definition) is 1. The van der Waals surface area contributed by atoms with E-state index in [1.54, 1.807) is 18.2 Å². The smallest absolute Gasteiger partial charge is 0.416 e. The van der Waals surface area contributed by atoms with E-state index in [4.69, 9.17) is 4.74 Å². The number of aromatic amines is 1. The first kappa shape index (κ1) is 21.0. The van der Waals surface area contributed by atoms with Gasteiger partial charge in [0.15, 0.2) is 11.6 Å². The van der Waals surface area contributed by atoms with Crippen molar-refractivity contribution in [2.24, 2.45) is 0 Å². The monoisotopic (exact) mass is 433 g/mol. The lowest BCUT2D eigenvalue weighted by Crippen LogP contribution is -2.35. The molecule has 0 unspecified atom stereocenters. The second kappa shape index (κ2) is 8.14. The van der Waals surface area contributed by atoms with E-state index < -0.39 is 17.6 Å². The summed E-state index contributed by atoms with van der Waals surface area (Å²) in [4.78, 5) is 21.7. The largest absolute Gasteiger partial charge is 0.494 e. The molecule has 0 atom stereocenters. The molecule has 31 heavy (non-hydrogen) atoms. The van der Waals surface area contributed by atoms with Gasteiger partial charge in [0, 0.05) is 37.2 Å². The number of aromatic nitrogens is 2. The lowest BCUT2D eigenvalue weighted by Gasteiger charge is -2.28. The van der Waals surface area contributed by atoms with Gasteiger partial charge in [-0.15, -0.1) is 0 Å². The predicted molar refractivity (Wildman–Crippen MR) is 106 cm³/mol. The molecule has 1 aliphatic heterocycles. The van der Waals surface area contributed by atoms with Gasteiger partial charge in [0.2, 0.25) is 0 Å². The first-order valence-corrected chi connectivity index (χ1v) is 9.59. The molecule has 9 heteroatoms. The minimum atomic E-state index is -4.43. The van der Waals surface area contributed by atoms with Crippen LogP contribution in [0.1, 0.15) is 22.4 Å². The van der Waals surface area contributed by atoms with E-state index in [1.807, 2.05) is 4.90 Å². The van der Waals surface area contributed by atoms with Crippen LogP contribution in [0.15, 0.2) is 47.3 Å². The average molecular weight is 433 g/mol. The maximum atomic E-state index is 14.4. The SMILES string of the molecule is COc1cccc(CN2CCc3nc(-c4ccc(C(F)(F)F)cc4)[nH]c(=O)c3C2)c1F. The zero-order valence-corrected chi connectivity index (χ0v) is 16.6. The first-order chi connectivity index (χ1) is 14.8. The number of nitrogens with one attached hydrogen (secondary N) is 1. The molecule has 0 amide bonds. The van der Waals surface area contributed by atoms with Crippen LogP contribution < -0.4 is 10.3 Å². The Labute approximate surface area is 175 Å². The molecular weight excluding hydrogens is 414 g/mol. The minimum absolute atomic E-state index is 0.163. The molecule has 0 spiro atoms. The summed E-state index contributed by atoms with van der Waals surface area (Å²) in [6.07, 6.45) is -3.96. The fourth-order valence-electron chi connectivity index (χ4n) is 3.65. The van der Waals surface area contributed by atoms with Crippen molar-refractivity contribution in [3.8, 4) is 17.1 Å². The number of rotatable bonds is 4. The Kier molecular flexibility index (Phi) is 5.53. The molecule has 2 aromatic carbocycles. The van der Waals surface area contributed by atoms with Crippen LogP contribution in [-0.4, -0.2) is 28.5 Å². The van der Waals surface area contributed by atoms with Gasteiger partial charge in [0.1, 0.15) is 5.82 Å². The van der Waals surface area contributed by atoms with Gasteiger partial charge < -0.3 is 9.72 Å². The van der Waals surface area contributed by atoms with E-state index in [9.17, 15) is 22.4 Å². The van der Waals surface area contributed by atoms with Gasteiger partial charge in [-0.3, -0.25) is 9.69 Å². The molecule has 1 N–H and O–H groups in total. The van der Waals surface area contributed by atoms with Gasteiger partial charge in [-0.05, 0) is 18.2 Å². The third-order valence-electron chi connectivity index (χ3n) is 5.29. The summed E-state index contributed by atoms with van der Waals surface area (Å²) in [5.74, 6) is -0.0409. The van der Waals surface area contributed by atoms with Crippen LogP contribution in [0.5, 0.6) is 5.75 Å². The maximum Gasteiger partial charge on any atom is 0.416 e. The highest BCUT2D eigenvalue weighted by atomic mass is 19.4. The number of ether oxygens (including phenoxy) is 1. The Bertz CT molecular complexity index is 1160. The second-order valence-corrected chi connectivity index (χ2v) is 7.31. The molecule has 0 radical (unpaired) electrons. The van der Waals surface area contributed by atoms with Crippen molar-refractivity contribution in [2.45, 2.75) is 25.7 Å². The molecule has 1 aromatic heterocycles. The zero-order valence-electron chi connectivity index (χ0n) is 16.6. The highest BCUT2D eigenvalue weighted by molar-refractivity contribution is 5.56. The summed E-state index contributed by atoms with van der Waals surface area (Å²) < 4.78 is 57.7. The first-order valence-electron chi connectivity index (χ1n) is 9.59. The van der Waals surface area contributed by atoms with Crippen LogP contribution in [0.2, 0.25) is 0 Å². The molecule has 4 rings (SSSR count). The topological polar surface area (TPSA) is 58.2 Å². The van der Waals surface area contributed by atoms with Gasteiger partial charge in [0.25, 0.3) is 5.56 Å². The second-order valence-electron chi connectivity index (χ2n) is 7.31. The van der Waals surface area contributed by atoms with Crippen LogP contribution in [0.4, 0.5) is 17.6 Å². The number of alkyl halides is 3. The Balaban J connectivity index is 1.56. The molecule has 1 aliphatic rings. The number of halogens is 4. The minimum Gasteiger partial charge on any atom is -0.494 e. The van der Waals surface area contributed by atoms with Crippen molar-refractivity contribution in [1.82, 2.24) is 14.9 Å². The summed E-state index contributed by atoms with van der Waals surface area (Å²) in [6, 6.07) is 9.41. The van der Waals surface area contributed by atoms with E-state index in [0.29, 0.717) is 48.4 Å². The molecule has 3 aromatic rings. The van der Waals surface area contributed by atoms with Crippen molar-refractivity contribution in [3.05, 3.63) is 81.0 Å². The van der Waals surface area contributed by atoms with Gasteiger partial charge in [-0.2, -0.15) is 13.2 Å². The third-order valence-corrected chi connectivity index (χ3v) is 5.29. The number of fused-ring (bicyclic) bond motifs is 1. The van der Waals surface area contributed by atoms with Gasteiger partial charge in [0.05, 0.1) is 23.9 Å². The number of H-pyrrole nitrogens is 1. The van der Waals surface area contributed by atoms with Gasteiger partial charge >= 0.3 is 6.18 Å². The number of nitrogens with zero attached hydrogens (tertiary/aromatic N) is 2. The molecule has 0 saturated heterocycles. The van der Waals surface area contributed by atoms with E-state index in [1.165, 1.54) is 19.2 Å². The molecule has 0 saturated carbocycles. The summed E-state index contributed by atoms with van der Waals surface area (Å²) >= 11 is 0. The molecule has 162 valence electrons. The van der Waals surface area contributed by atoms with Crippen molar-refractivity contribution in [3.63, 3.8) is 0 Å². The maximum absolute atomic E-state index is 14.4. The number of hydrogen-bond acceptors (Lipinski definition) is 4. The highest BCUT2D eigenvalue weighted by Crippen LogP contribution is 2.30.